The molecule has 0 heterocycles. The average molecular weight is 350 g/mol. The minimum atomic E-state index is -0.269. The number of rotatable bonds is 4. The summed E-state index contributed by atoms with van der Waals surface area (Å²) in [7, 11) is 0. The third kappa shape index (κ3) is 6.00. The molecule has 0 spiro atoms. The van der Waals surface area contributed by atoms with Crippen molar-refractivity contribution in [1.82, 2.24) is 16.2 Å². The fraction of sp³-hybridized carbons (Fsp3) is 0.556. The smallest absolute Gasteiger partial charge is 0.276 e. The second-order valence-electron chi connectivity index (χ2n) is 6.63. The predicted molar refractivity (Wildman–Crippen MR) is 99.8 cm³/mol. The van der Waals surface area contributed by atoms with Gasteiger partial charge in [0.05, 0.1) is 0 Å². The van der Waals surface area contributed by atoms with Crippen molar-refractivity contribution in [2.24, 2.45) is 5.92 Å². The Labute approximate surface area is 149 Å². The number of carbonyl (C=O) groups excluding carboxylic acids is 1. The molecule has 1 amide bonds. The summed E-state index contributed by atoms with van der Waals surface area (Å²) in [6, 6.07) is 6.25. The molecular weight excluding hydrogens is 322 g/mol. The molecule has 1 fully saturated rings. The minimum absolute atomic E-state index is 0.0572. The Morgan fingerprint density at radius 1 is 1.17 bits per heavy atom. The molecule has 0 bridgehead atoms. The molecule has 1 aliphatic rings. The highest BCUT2D eigenvalue weighted by molar-refractivity contribution is 7.80. The molecule has 0 aliphatic heterocycles. The standard InChI is InChI=1S/C18H27N3O2S/c1-12-8-13(2)10-15(9-12)23-11-17(22)20-21-18(24)19-16-7-5-4-6-14(16)3/h8-10,14,16H,4-7,11H2,1-3H3,(H,20,22)(H2,19,21,24)/t14-,16+/m0/s1. The molecule has 1 aliphatic carbocycles. The van der Waals surface area contributed by atoms with Crippen LogP contribution in [-0.4, -0.2) is 23.7 Å². The van der Waals surface area contributed by atoms with Crippen LogP contribution < -0.4 is 20.9 Å². The molecule has 0 radical (unpaired) electrons. The normalized spacial score (nSPS) is 20.1. The van der Waals surface area contributed by atoms with Crippen LogP contribution in [0.5, 0.6) is 5.75 Å². The van der Waals surface area contributed by atoms with Crippen molar-refractivity contribution in [3.8, 4) is 5.75 Å². The zero-order valence-electron chi connectivity index (χ0n) is 14.6. The SMILES string of the molecule is Cc1cc(C)cc(OCC(=O)NNC(=S)N[C@@H]2CCCC[C@@H]2C)c1. The maximum absolute atomic E-state index is 11.9. The maximum atomic E-state index is 11.9. The van der Waals surface area contributed by atoms with Gasteiger partial charge in [0, 0.05) is 6.04 Å². The van der Waals surface area contributed by atoms with E-state index in [0.717, 1.165) is 17.5 Å². The van der Waals surface area contributed by atoms with Gasteiger partial charge in [-0.05, 0) is 68.1 Å². The first-order chi connectivity index (χ1) is 11.4. The molecule has 5 nitrogen and oxygen atoms in total. The van der Waals surface area contributed by atoms with E-state index in [1.54, 1.807) is 0 Å². The van der Waals surface area contributed by atoms with Gasteiger partial charge >= 0.3 is 0 Å². The number of thiocarbonyl (C=S) groups is 1. The minimum Gasteiger partial charge on any atom is -0.484 e. The van der Waals surface area contributed by atoms with Gasteiger partial charge in [-0.15, -0.1) is 0 Å². The number of benzene rings is 1. The molecule has 3 N–H and O–H groups in total. The molecular formula is C18H27N3O2S. The van der Waals surface area contributed by atoms with Crippen molar-refractivity contribution in [2.45, 2.75) is 52.5 Å². The summed E-state index contributed by atoms with van der Waals surface area (Å²) in [4.78, 5) is 11.9. The summed E-state index contributed by atoms with van der Waals surface area (Å²) < 4.78 is 5.51. The topological polar surface area (TPSA) is 62.4 Å². The quantitative estimate of drug-likeness (QED) is 0.576. The van der Waals surface area contributed by atoms with Crippen molar-refractivity contribution in [3.63, 3.8) is 0 Å². The lowest BCUT2D eigenvalue weighted by atomic mass is 9.86. The van der Waals surface area contributed by atoms with Gasteiger partial charge in [-0.25, -0.2) is 0 Å². The Hall–Kier alpha value is -1.82. The summed E-state index contributed by atoms with van der Waals surface area (Å²) in [5, 5.41) is 3.73. The summed E-state index contributed by atoms with van der Waals surface area (Å²) >= 11 is 5.24. The Kier molecular flexibility index (Phi) is 6.85. The van der Waals surface area contributed by atoms with Gasteiger partial charge in [-0.3, -0.25) is 15.6 Å². The number of hydrogen-bond donors (Lipinski definition) is 3. The van der Waals surface area contributed by atoms with Crippen molar-refractivity contribution in [2.75, 3.05) is 6.61 Å². The van der Waals surface area contributed by atoms with E-state index in [2.05, 4.69) is 29.2 Å². The largest absolute Gasteiger partial charge is 0.484 e. The molecule has 2 rings (SSSR count). The lowest BCUT2D eigenvalue weighted by Crippen LogP contribution is -2.52. The van der Waals surface area contributed by atoms with Crippen LogP contribution in [0.15, 0.2) is 18.2 Å². The van der Waals surface area contributed by atoms with E-state index in [4.69, 9.17) is 17.0 Å². The molecule has 24 heavy (non-hydrogen) atoms. The molecule has 1 saturated carbocycles. The van der Waals surface area contributed by atoms with E-state index in [0.29, 0.717) is 22.8 Å². The Bertz CT molecular complexity index is 571. The van der Waals surface area contributed by atoms with Crippen LogP contribution in [0.3, 0.4) is 0 Å². The fourth-order valence-electron chi connectivity index (χ4n) is 3.06. The lowest BCUT2D eigenvalue weighted by molar-refractivity contribution is -0.123. The van der Waals surface area contributed by atoms with Gasteiger partial charge in [0.1, 0.15) is 5.75 Å². The van der Waals surface area contributed by atoms with Gasteiger partial charge < -0.3 is 10.1 Å². The number of ether oxygens (including phenoxy) is 1. The van der Waals surface area contributed by atoms with E-state index in [-0.39, 0.29) is 12.5 Å². The highest BCUT2D eigenvalue weighted by atomic mass is 32.1. The third-order valence-corrected chi connectivity index (χ3v) is 4.53. The molecule has 132 valence electrons. The number of amides is 1. The van der Waals surface area contributed by atoms with Crippen LogP contribution in [-0.2, 0) is 4.79 Å². The zero-order chi connectivity index (χ0) is 17.5. The first-order valence-electron chi connectivity index (χ1n) is 8.50. The monoisotopic (exact) mass is 349 g/mol. The van der Waals surface area contributed by atoms with Crippen LogP contribution >= 0.6 is 12.2 Å². The first-order valence-corrected chi connectivity index (χ1v) is 8.91. The van der Waals surface area contributed by atoms with E-state index in [1.807, 2.05) is 26.0 Å². The van der Waals surface area contributed by atoms with Gasteiger partial charge in [0.25, 0.3) is 5.91 Å². The van der Waals surface area contributed by atoms with Crippen molar-refractivity contribution in [1.29, 1.82) is 0 Å². The predicted octanol–water partition coefficient (Wildman–Crippen LogP) is 2.76. The molecule has 0 unspecified atom stereocenters. The van der Waals surface area contributed by atoms with Gasteiger partial charge in [0.2, 0.25) is 0 Å². The summed E-state index contributed by atoms with van der Waals surface area (Å²) in [5.41, 5.74) is 7.53. The number of aryl methyl sites for hydroxylation is 2. The van der Waals surface area contributed by atoms with Crippen molar-refractivity contribution >= 4 is 23.2 Å². The van der Waals surface area contributed by atoms with Crippen LogP contribution in [0.1, 0.15) is 43.7 Å². The molecule has 1 aromatic carbocycles. The van der Waals surface area contributed by atoms with E-state index >= 15 is 0 Å². The average Bonchev–Trinajstić information content (AvgIpc) is 2.52. The summed E-state index contributed by atoms with van der Waals surface area (Å²) in [6.45, 7) is 6.17. The fourth-order valence-corrected chi connectivity index (χ4v) is 3.27. The van der Waals surface area contributed by atoms with Crippen molar-refractivity contribution < 1.29 is 9.53 Å². The second-order valence-corrected chi connectivity index (χ2v) is 7.04. The zero-order valence-corrected chi connectivity index (χ0v) is 15.5. The number of nitrogens with one attached hydrogen (secondary N) is 3. The van der Waals surface area contributed by atoms with Crippen molar-refractivity contribution in [3.05, 3.63) is 29.3 Å². The molecule has 0 saturated heterocycles. The Morgan fingerprint density at radius 2 is 1.83 bits per heavy atom. The molecule has 1 aromatic rings. The Morgan fingerprint density at radius 3 is 2.50 bits per heavy atom. The molecule has 6 heteroatoms. The van der Waals surface area contributed by atoms with Gasteiger partial charge in [0.15, 0.2) is 11.7 Å². The van der Waals surface area contributed by atoms with Crippen LogP contribution in [0.4, 0.5) is 0 Å². The molecule has 2 atom stereocenters. The first kappa shape index (κ1) is 18.5. The number of hydrazine groups is 1. The highest BCUT2D eigenvalue weighted by Gasteiger charge is 2.21. The number of hydrogen-bond acceptors (Lipinski definition) is 3. The summed E-state index contributed by atoms with van der Waals surface area (Å²) in [6.07, 6.45) is 4.84. The van der Waals surface area contributed by atoms with E-state index in [9.17, 15) is 4.79 Å². The lowest BCUT2D eigenvalue weighted by Gasteiger charge is -2.30. The second kappa shape index (κ2) is 8.87. The summed E-state index contributed by atoms with van der Waals surface area (Å²) in [5.74, 6) is 1.02. The third-order valence-electron chi connectivity index (χ3n) is 4.31. The number of carbonyl (C=O) groups is 1. The van der Waals surface area contributed by atoms with Gasteiger partial charge in [-0.2, -0.15) is 0 Å². The molecule has 0 aromatic heterocycles. The van der Waals surface area contributed by atoms with Crippen LogP contribution in [0, 0.1) is 19.8 Å². The Balaban J connectivity index is 1.69. The maximum Gasteiger partial charge on any atom is 0.276 e. The van der Waals surface area contributed by atoms with Crippen LogP contribution in [0.2, 0.25) is 0 Å². The van der Waals surface area contributed by atoms with Crippen LogP contribution in [0.25, 0.3) is 0 Å². The highest BCUT2D eigenvalue weighted by Crippen LogP contribution is 2.23. The van der Waals surface area contributed by atoms with E-state index in [1.165, 1.54) is 19.3 Å². The van der Waals surface area contributed by atoms with Gasteiger partial charge in [-0.1, -0.05) is 25.8 Å². The van der Waals surface area contributed by atoms with E-state index < -0.39 is 0 Å².